The van der Waals surface area contributed by atoms with Crippen molar-refractivity contribution in [3.8, 4) is 28.8 Å². The fourth-order valence-electron chi connectivity index (χ4n) is 4.26. The molecule has 1 saturated heterocycles. The highest BCUT2D eigenvalue weighted by atomic mass is 16.5. The van der Waals surface area contributed by atoms with Crippen molar-refractivity contribution in [1.82, 2.24) is 14.3 Å². The van der Waals surface area contributed by atoms with Crippen molar-refractivity contribution in [2.75, 3.05) is 20.2 Å². The summed E-state index contributed by atoms with van der Waals surface area (Å²) in [7, 11) is 1.65. The van der Waals surface area contributed by atoms with Crippen LogP contribution in [-0.4, -0.2) is 63.2 Å². The number of amides is 1. The number of imidazole rings is 1. The predicted octanol–water partition coefficient (Wildman–Crippen LogP) is 3.05. The number of nitrogens with zero attached hydrogens (tertiary/aromatic N) is 3. The highest BCUT2D eigenvalue weighted by molar-refractivity contribution is 5.92. The molecule has 0 spiro atoms. The van der Waals surface area contributed by atoms with Crippen LogP contribution in [0.3, 0.4) is 0 Å². The van der Waals surface area contributed by atoms with E-state index in [-0.39, 0.29) is 30.9 Å². The maximum atomic E-state index is 12.6. The first-order valence-electron chi connectivity index (χ1n) is 11.9. The normalized spacial score (nSPS) is 19.9. The Morgan fingerprint density at radius 3 is 2.80 bits per heavy atom. The smallest absolute Gasteiger partial charge is 0.374 e. The molecule has 0 bridgehead atoms. The van der Waals surface area contributed by atoms with Gasteiger partial charge in [-0.2, -0.15) is 0 Å². The largest absolute Gasteiger partial charge is 0.490 e. The Hall–Kier alpha value is -3.83. The quantitative estimate of drug-likeness (QED) is 0.452. The van der Waals surface area contributed by atoms with Crippen molar-refractivity contribution in [2.24, 2.45) is 0 Å². The first-order valence-corrected chi connectivity index (χ1v) is 11.9. The molecule has 1 saturated carbocycles. The van der Waals surface area contributed by atoms with Gasteiger partial charge < -0.3 is 19.5 Å². The Morgan fingerprint density at radius 1 is 1.29 bits per heavy atom. The van der Waals surface area contributed by atoms with E-state index in [1.54, 1.807) is 30.6 Å². The number of likely N-dealkylation sites (N-methyl/N-ethyl adjacent to an activating group) is 1. The van der Waals surface area contributed by atoms with Crippen molar-refractivity contribution >= 4 is 17.4 Å². The van der Waals surface area contributed by atoms with Gasteiger partial charge in [0.15, 0.2) is 0 Å². The van der Waals surface area contributed by atoms with Crippen LogP contribution in [0.5, 0.6) is 5.75 Å². The number of carbonyl (C=O) groups excluding carboxylic acids is 2. The molecule has 2 aromatic heterocycles. The van der Waals surface area contributed by atoms with Crippen molar-refractivity contribution in [1.29, 1.82) is 0 Å². The third kappa shape index (κ3) is 4.35. The predicted molar refractivity (Wildman–Crippen MR) is 129 cm³/mol. The number of pyridine rings is 1. The number of hydrogen-bond acceptors (Lipinski definition) is 6. The molecule has 0 radical (unpaired) electrons. The SMILES string of the molecule is CCOC(=O)c1nc(-c2cccc(C#C[C@]3(O)CCN(C)C3=O)c2)c2cc(OC3CCC3)ccn12. The molecule has 0 unspecified atom stereocenters. The molecule has 2 fully saturated rings. The second-order valence-electron chi connectivity index (χ2n) is 8.96. The summed E-state index contributed by atoms with van der Waals surface area (Å²) in [5, 5.41) is 10.6. The molecule has 3 heterocycles. The highest BCUT2D eigenvalue weighted by Gasteiger charge is 2.42. The number of likely N-dealkylation sites (tertiary alicyclic amines) is 1. The molecule has 35 heavy (non-hydrogen) atoms. The monoisotopic (exact) mass is 473 g/mol. The molecule has 8 heteroatoms. The molecule has 5 rings (SSSR count). The van der Waals surface area contributed by atoms with Crippen LogP contribution in [-0.2, 0) is 9.53 Å². The zero-order valence-electron chi connectivity index (χ0n) is 19.8. The van der Waals surface area contributed by atoms with Crippen LogP contribution >= 0.6 is 0 Å². The van der Waals surface area contributed by atoms with Crippen LogP contribution in [0.4, 0.5) is 0 Å². The number of benzene rings is 1. The number of hydrogen-bond donors (Lipinski definition) is 1. The lowest BCUT2D eigenvalue weighted by Gasteiger charge is -2.26. The summed E-state index contributed by atoms with van der Waals surface area (Å²) in [5.74, 6) is 5.69. The molecule has 1 aromatic carbocycles. The van der Waals surface area contributed by atoms with Crippen LogP contribution in [0, 0.1) is 11.8 Å². The van der Waals surface area contributed by atoms with Gasteiger partial charge in [0, 0.05) is 43.4 Å². The molecule has 1 aliphatic carbocycles. The van der Waals surface area contributed by atoms with Crippen molar-refractivity contribution < 1.29 is 24.2 Å². The van der Waals surface area contributed by atoms with Gasteiger partial charge in [-0.05, 0) is 44.4 Å². The van der Waals surface area contributed by atoms with Crippen molar-refractivity contribution in [3.63, 3.8) is 0 Å². The molecule has 180 valence electrons. The van der Waals surface area contributed by atoms with E-state index in [0.29, 0.717) is 23.3 Å². The van der Waals surface area contributed by atoms with Gasteiger partial charge in [0.1, 0.15) is 5.75 Å². The minimum atomic E-state index is -1.67. The molecular weight excluding hydrogens is 446 g/mol. The van der Waals surface area contributed by atoms with Crippen molar-refractivity contribution in [2.45, 2.75) is 44.3 Å². The average molecular weight is 474 g/mol. The summed E-state index contributed by atoms with van der Waals surface area (Å²) in [6.07, 6.45) is 5.51. The Bertz CT molecular complexity index is 1360. The van der Waals surface area contributed by atoms with E-state index < -0.39 is 11.6 Å². The Morgan fingerprint density at radius 2 is 2.11 bits per heavy atom. The van der Waals surface area contributed by atoms with E-state index in [2.05, 4.69) is 16.8 Å². The second kappa shape index (κ2) is 9.08. The third-order valence-corrected chi connectivity index (χ3v) is 6.49. The first kappa shape index (κ1) is 22.9. The van der Waals surface area contributed by atoms with Crippen LogP contribution < -0.4 is 4.74 Å². The Kier molecular flexibility index (Phi) is 5.95. The number of ether oxygens (including phenoxy) is 2. The minimum absolute atomic E-state index is 0.178. The molecule has 1 aliphatic heterocycles. The summed E-state index contributed by atoms with van der Waals surface area (Å²) in [5.41, 5.74) is 0.996. The van der Waals surface area contributed by atoms with Crippen LogP contribution in [0.2, 0.25) is 0 Å². The van der Waals surface area contributed by atoms with Crippen LogP contribution in [0.15, 0.2) is 42.6 Å². The summed E-state index contributed by atoms with van der Waals surface area (Å²) in [6, 6.07) is 11.1. The lowest BCUT2D eigenvalue weighted by Crippen LogP contribution is -2.37. The molecule has 8 nitrogen and oxygen atoms in total. The van der Waals surface area contributed by atoms with Gasteiger partial charge in [0.2, 0.25) is 11.4 Å². The standard InChI is InChI=1S/C27H27N3O5/c1-3-34-25(31)24-28-23(22-17-21(11-14-30(22)24)35-20-8-5-9-20)19-7-4-6-18(16-19)10-12-27(33)13-15-29(2)26(27)32/h4,6-7,11,14,16-17,20,33H,3,5,8-9,13,15H2,1-2H3/t27-/m0/s1. The second-order valence-corrected chi connectivity index (χ2v) is 8.96. The van der Waals surface area contributed by atoms with E-state index in [0.717, 1.165) is 24.2 Å². The summed E-state index contributed by atoms with van der Waals surface area (Å²) >= 11 is 0. The summed E-state index contributed by atoms with van der Waals surface area (Å²) in [4.78, 5) is 30.9. The minimum Gasteiger partial charge on any atom is -0.490 e. The van der Waals surface area contributed by atoms with E-state index in [9.17, 15) is 14.7 Å². The molecular formula is C27H27N3O5. The Labute approximate surface area is 203 Å². The number of carbonyl (C=O) groups is 2. The first-order chi connectivity index (χ1) is 16.9. The van der Waals surface area contributed by atoms with E-state index in [1.807, 2.05) is 30.3 Å². The van der Waals surface area contributed by atoms with Crippen LogP contribution in [0.1, 0.15) is 48.8 Å². The number of aromatic nitrogens is 2. The van der Waals surface area contributed by atoms with Gasteiger partial charge in [-0.15, -0.1) is 0 Å². The van der Waals surface area contributed by atoms with Crippen LogP contribution in [0.25, 0.3) is 16.8 Å². The number of rotatable bonds is 5. The maximum Gasteiger partial charge on any atom is 0.374 e. The Balaban J connectivity index is 1.54. The van der Waals surface area contributed by atoms with Gasteiger partial charge in [-0.1, -0.05) is 24.0 Å². The fourth-order valence-corrected chi connectivity index (χ4v) is 4.26. The van der Waals surface area contributed by atoms with E-state index >= 15 is 0 Å². The van der Waals surface area contributed by atoms with Gasteiger partial charge in [-0.3, -0.25) is 9.20 Å². The molecule has 1 atom stereocenters. The van der Waals surface area contributed by atoms with Crippen molar-refractivity contribution in [3.05, 3.63) is 54.0 Å². The lowest BCUT2D eigenvalue weighted by atomic mass is 9.96. The molecule has 1 amide bonds. The van der Waals surface area contributed by atoms with Gasteiger partial charge >= 0.3 is 5.97 Å². The van der Waals surface area contributed by atoms with E-state index in [4.69, 9.17) is 9.47 Å². The molecule has 2 aliphatic rings. The maximum absolute atomic E-state index is 12.6. The van der Waals surface area contributed by atoms with Gasteiger partial charge in [0.25, 0.3) is 5.91 Å². The zero-order chi connectivity index (χ0) is 24.6. The highest BCUT2D eigenvalue weighted by Crippen LogP contribution is 2.31. The summed E-state index contributed by atoms with van der Waals surface area (Å²) < 4.78 is 13.0. The number of esters is 1. The van der Waals surface area contributed by atoms with Gasteiger partial charge in [-0.25, -0.2) is 9.78 Å². The summed E-state index contributed by atoms with van der Waals surface area (Å²) in [6.45, 7) is 2.46. The molecule has 3 aromatic rings. The molecule has 1 N–H and O–H groups in total. The van der Waals surface area contributed by atoms with Gasteiger partial charge in [0.05, 0.1) is 23.9 Å². The average Bonchev–Trinajstić information content (AvgIpc) is 3.34. The topological polar surface area (TPSA) is 93.4 Å². The number of fused-ring (bicyclic) bond motifs is 1. The lowest BCUT2D eigenvalue weighted by molar-refractivity contribution is -0.137. The zero-order valence-corrected chi connectivity index (χ0v) is 19.8. The number of aliphatic hydroxyl groups is 1. The van der Waals surface area contributed by atoms with E-state index in [1.165, 1.54) is 11.3 Å². The fraction of sp³-hybridized carbons (Fsp3) is 0.370. The third-order valence-electron chi connectivity index (χ3n) is 6.49.